The van der Waals surface area contributed by atoms with Crippen LogP contribution in [0.4, 0.5) is 4.39 Å². The van der Waals surface area contributed by atoms with Crippen molar-refractivity contribution in [2.24, 2.45) is 10.9 Å². The van der Waals surface area contributed by atoms with Crippen molar-refractivity contribution in [3.8, 4) is 0 Å². The quantitative estimate of drug-likeness (QED) is 0.553. The van der Waals surface area contributed by atoms with Crippen LogP contribution in [0.5, 0.6) is 0 Å². The maximum atomic E-state index is 13.1. The maximum Gasteiger partial charge on any atom is 0.225 e. The summed E-state index contributed by atoms with van der Waals surface area (Å²) in [5.41, 5.74) is 0.893. The minimum Gasteiger partial charge on any atom is -0.375 e. The van der Waals surface area contributed by atoms with E-state index in [-0.39, 0.29) is 29.8 Å². The van der Waals surface area contributed by atoms with E-state index in [1.54, 1.807) is 19.2 Å². The molecule has 28 heavy (non-hydrogen) atoms. The van der Waals surface area contributed by atoms with Gasteiger partial charge in [-0.3, -0.25) is 9.79 Å². The Kier molecular flexibility index (Phi) is 8.70. The Morgan fingerprint density at radius 1 is 1.29 bits per heavy atom. The van der Waals surface area contributed by atoms with E-state index in [1.165, 1.54) is 12.1 Å². The molecule has 1 aromatic rings. The number of carbonyl (C=O) groups is 1. The number of carbonyl (C=O) groups excluding carboxylic acids is 1. The number of hydrogen-bond acceptors (Lipinski definition) is 3. The minimum atomic E-state index is -0.264. The van der Waals surface area contributed by atoms with Crippen molar-refractivity contribution in [1.29, 1.82) is 0 Å². The van der Waals surface area contributed by atoms with E-state index in [1.807, 2.05) is 25.7 Å². The molecule has 6 nitrogen and oxygen atoms in total. The van der Waals surface area contributed by atoms with Gasteiger partial charge in [0.1, 0.15) is 11.9 Å². The Balaban J connectivity index is 1.93. The van der Waals surface area contributed by atoms with Crippen LogP contribution in [-0.4, -0.2) is 56.1 Å². The summed E-state index contributed by atoms with van der Waals surface area (Å²) in [7, 11) is 1.63. The van der Waals surface area contributed by atoms with Gasteiger partial charge in [0, 0.05) is 38.7 Å². The summed E-state index contributed by atoms with van der Waals surface area (Å²) < 4.78 is 18.7. The minimum absolute atomic E-state index is 0.0424. The standard InChI is InChI=1S/C21H33FN4O2/c1-5-23-21(24-14-19(28-4)16-6-8-17(22)9-7-16)25-18-10-12-26(13-11-18)20(27)15(2)3/h6-9,15,18-19H,5,10-14H2,1-4H3,(H2,23,24,25). The number of rotatable bonds is 7. The summed E-state index contributed by atoms with van der Waals surface area (Å²) >= 11 is 0. The normalized spacial score (nSPS) is 16.9. The average molecular weight is 393 g/mol. The molecule has 7 heteroatoms. The molecule has 1 aliphatic rings. The van der Waals surface area contributed by atoms with Crippen molar-refractivity contribution in [2.45, 2.75) is 45.8 Å². The van der Waals surface area contributed by atoms with Gasteiger partial charge < -0.3 is 20.3 Å². The molecule has 1 amide bonds. The van der Waals surface area contributed by atoms with Crippen LogP contribution >= 0.6 is 0 Å². The van der Waals surface area contributed by atoms with E-state index >= 15 is 0 Å². The Hall–Kier alpha value is -2.15. The smallest absolute Gasteiger partial charge is 0.225 e. The van der Waals surface area contributed by atoms with Crippen molar-refractivity contribution in [1.82, 2.24) is 15.5 Å². The second-order valence-electron chi connectivity index (χ2n) is 7.39. The predicted molar refractivity (Wildman–Crippen MR) is 110 cm³/mol. The highest BCUT2D eigenvalue weighted by Crippen LogP contribution is 2.18. The van der Waals surface area contributed by atoms with Gasteiger partial charge >= 0.3 is 0 Å². The Bertz CT molecular complexity index is 640. The molecule has 0 aliphatic carbocycles. The summed E-state index contributed by atoms with van der Waals surface area (Å²) in [5.74, 6) is 0.738. The van der Waals surface area contributed by atoms with Gasteiger partial charge in [-0.05, 0) is 37.5 Å². The zero-order valence-corrected chi connectivity index (χ0v) is 17.4. The van der Waals surface area contributed by atoms with Crippen LogP contribution in [0.15, 0.2) is 29.3 Å². The molecule has 1 fully saturated rings. The fourth-order valence-corrected chi connectivity index (χ4v) is 3.29. The molecule has 0 aromatic heterocycles. The lowest BCUT2D eigenvalue weighted by atomic mass is 10.0. The van der Waals surface area contributed by atoms with E-state index in [0.29, 0.717) is 6.54 Å². The molecular formula is C21H33FN4O2. The Morgan fingerprint density at radius 2 is 1.93 bits per heavy atom. The lowest BCUT2D eigenvalue weighted by Gasteiger charge is -2.34. The first-order valence-electron chi connectivity index (χ1n) is 10.1. The van der Waals surface area contributed by atoms with Gasteiger partial charge in [0.25, 0.3) is 0 Å². The zero-order valence-electron chi connectivity index (χ0n) is 17.4. The Labute approximate surface area is 167 Å². The molecule has 0 saturated carbocycles. The first-order chi connectivity index (χ1) is 13.4. The first-order valence-corrected chi connectivity index (χ1v) is 10.1. The average Bonchev–Trinajstić information content (AvgIpc) is 2.69. The zero-order chi connectivity index (χ0) is 20.5. The number of benzene rings is 1. The molecule has 0 bridgehead atoms. The number of aliphatic imine (C=N–C) groups is 1. The fourth-order valence-electron chi connectivity index (χ4n) is 3.29. The van der Waals surface area contributed by atoms with E-state index in [2.05, 4.69) is 15.6 Å². The summed E-state index contributed by atoms with van der Waals surface area (Å²) in [6, 6.07) is 6.59. The topological polar surface area (TPSA) is 66.0 Å². The summed E-state index contributed by atoms with van der Waals surface area (Å²) in [6.45, 7) is 8.63. The van der Waals surface area contributed by atoms with Crippen LogP contribution in [-0.2, 0) is 9.53 Å². The van der Waals surface area contributed by atoms with Crippen LogP contribution in [0.3, 0.4) is 0 Å². The summed E-state index contributed by atoms with van der Waals surface area (Å²) in [6.07, 6.45) is 1.56. The molecule has 2 rings (SSSR count). The molecule has 0 radical (unpaired) electrons. The number of methoxy groups -OCH3 is 1. The molecule has 1 unspecified atom stereocenters. The number of likely N-dealkylation sites (tertiary alicyclic amines) is 1. The number of ether oxygens (including phenoxy) is 1. The maximum absolute atomic E-state index is 13.1. The number of piperidine rings is 1. The van der Waals surface area contributed by atoms with Crippen molar-refractivity contribution in [3.05, 3.63) is 35.6 Å². The van der Waals surface area contributed by atoms with Gasteiger partial charge in [0.2, 0.25) is 5.91 Å². The molecular weight excluding hydrogens is 359 g/mol. The second-order valence-corrected chi connectivity index (χ2v) is 7.39. The van der Waals surface area contributed by atoms with Crippen LogP contribution in [0.25, 0.3) is 0 Å². The summed E-state index contributed by atoms with van der Waals surface area (Å²) in [4.78, 5) is 18.7. The Morgan fingerprint density at radius 3 is 2.46 bits per heavy atom. The van der Waals surface area contributed by atoms with Gasteiger partial charge in [0.15, 0.2) is 5.96 Å². The number of nitrogens with zero attached hydrogens (tertiary/aromatic N) is 2. The van der Waals surface area contributed by atoms with Gasteiger partial charge in [0.05, 0.1) is 6.54 Å². The van der Waals surface area contributed by atoms with E-state index in [9.17, 15) is 9.18 Å². The van der Waals surface area contributed by atoms with Crippen molar-refractivity contribution in [3.63, 3.8) is 0 Å². The summed E-state index contributed by atoms with van der Waals surface area (Å²) in [5, 5.41) is 6.74. The van der Waals surface area contributed by atoms with E-state index in [4.69, 9.17) is 4.74 Å². The van der Waals surface area contributed by atoms with Gasteiger partial charge in [-0.1, -0.05) is 26.0 Å². The second kappa shape index (κ2) is 11.0. The van der Waals surface area contributed by atoms with Crippen LogP contribution in [0, 0.1) is 11.7 Å². The van der Waals surface area contributed by atoms with E-state index in [0.717, 1.165) is 44.0 Å². The highest BCUT2D eigenvalue weighted by Gasteiger charge is 2.24. The van der Waals surface area contributed by atoms with Crippen LogP contribution in [0.2, 0.25) is 0 Å². The van der Waals surface area contributed by atoms with E-state index < -0.39 is 0 Å². The highest BCUT2D eigenvalue weighted by molar-refractivity contribution is 5.80. The molecule has 1 heterocycles. The molecule has 2 N–H and O–H groups in total. The fraction of sp³-hybridized carbons (Fsp3) is 0.619. The molecule has 1 aliphatic heterocycles. The largest absolute Gasteiger partial charge is 0.375 e. The van der Waals surface area contributed by atoms with Crippen LogP contribution < -0.4 is 10.6 Å². The van der Waals surface area contributed by atoms with Crippen molar-refractivity contribution in [2.75, 3.05) is 33.3 Å². The molecule has 1 saturated heterocycles. The third-order valence-electron chi connectivity index (χ3n) is 4.93. The van der Waals surface area contributed by atoms with Gasteiger partial charge in [-0.25, -0.2) is 4.39 Å². The number of amides is 1. The third-order valence-corrected chi connectivity index (χ3v) is 4.93. The van der Waals surface area contributed by atoms with Gasteiger partial charge in [-0.2, -0.15) is 0 Å². The number of guanidine groups is 1. The van der Waals surface area contributed by atoms with Gasteiger partial charge in [-0.15, -0.1) is 0 Å². The lowest BCUT2D eigenvalue weighted by Crippen LogP contribution is -2.50. The molecule has 1 atom stereocenters. The first kappa shape index (κ1) is 22.1. The van der Waals surface area contributed by atoms with Crippen LogP contribution in [0.1, 0.15) is 45.3 Å². The molecule has 0 spiro atoms. The van der Waals surface area contributed by atoms with Crippen molar-refractivity contribution >= 4 is 11.9 Å². The third kappa shape index (κ3) is 6.48. The highest BCUT2D eigenvalue weighted by atomic mass is 19.1. The number of halogens is 1. The van der Waals surface area contributed by atoms with Crippen molar-refractivity contribution < 1.29 is 13.9 Å². The number of hydrogen-bond donors (Lipinski definition) is 2. The number of nitrogens with one attached hydrogen (secondary N) is 2. The lowest BCUT2D eigenvalue weighted by molar-refractivity contribution is -0.135. The predicted octanol–water partition coefficient (Wildman–Crippen LogP) is 2.72. The SMILES string of the molecule is CCNC(=NCC(OC)c1ccc(F)cc1)NC1CCN(C(=O)C(C)C)CC1. The molecule has 1 aromatic carbocycles. The molecule has 156 valence electrons. The monoisotopic (exact) mass is 392 g/mol.